The van der Waals surface area contributed by atoms with E-state index in [1.807, 2.05) is 23.6 Å². The molecule has 1 N–H and O–H groups in total. The second kappa shape index (κ2) is 7.89. The Morgan fingerprint density at radius 1 is 1.44 bits per heavy atom. The smallest absolute Gasteiger partial charge is 0.328 e. The first kappa shape index (κ1) is 14.7. The zero-order valence-electron chi connectivity index (χ0n) is 9.96. The van der Waals surface area contributed by atoms with Gasteiger partial charge in [0.25, 0.3) is 0 Å². The monoisotopic (exact) mass is 282 g/mol. The van der Waals surface area contributed by atoms with Gasteiger partial charge in [0.15, 0.2) is 5.12 Å². The van der Waals surface area contributed by atoms with Crippen molar-refractivity contribution in [3.63, 3.8) is 0 Å². The van der Waals surface area contributed by atoms with Crippen LogP contribution in [0.1, 0.15) is 23.8 Å². The van der Waals surface area contributed by atoms with Crippen LogP contribution in [0.25, 0.3) is 12.2 Å². The minimum atomic E-state index is -0.943. The number of aliphatic carboxylic acids is 1. The minimum Gasteiger partial charge on any atom is -0.478 e. The van der Waals surface area contributed by atoms with Gasteiger partial charge < -0.3 is 5.11 Å². The second-order valence-electron chi connectivity index (χ2n) is 3.49. The summed E-state index contributed by atoms with van der Waals surface area (Å²) in [5, 5.41) is 10.6. The van der Waals surface area contributed by atoms with Crippen LogP contribution >= 0.6 is 23.1 Å². The van der Waals surface area contributed by atoms with E-state index < -0.39 is 5.97 Å². The molecule has 0 aliphatic heterocycles. The van der Waals surface area contributed by atoms with Crippen molar-refractivity contribution in [2.75, 3.05) is 5.75 Å². The Morgan fingerprint density at radius 2 is 2.22 bits per heavy atom. The summed E-state index contributed by atoms with van der Waals surface area (Å²) < 4.78 is 0. The lowest BCUT2D eigenvalue weighted by molar-refractivity contribution is -0.131. The van der Waals surface area contributed by atoms with E-state index in [9.17, 15) is 9.59 Å². The summed E-state index contributed by atoms with van der Waals surface area (Å²) in [6, 6.07) is 1.93. The lowest BCUT2D eigenvalue weighted by Gasteiger charge is -1.90. The molecule has 1 heterocycles. The Labute approximate surface area is 114 Å². The highest BCUT2D eigenvalue weighted by atomic mass is 32.2. The largest absolute Gasteiger partial charge is 0.478 e. The molecule has 0 radical (unpaired) electrons. The number of carbonyl (C=O) groups is 2. The van der Waals surface area contributed by atoms with Gasteiger partial charge in [-0.1, -0.05) is 23.9 Å². The molecular formula is C13H14O3S2. The molecule has 1 aromatic heterocycles. The van der Waals surface area contributed by atoms with Crippen molar-refractivity contribution in [3.8, 4) is 0 Å². The molecule has 0 unspecified atom stereocenters. The summed E-state index contributed by atoms with van der Waals surface area (Å²) >= 11 is 2.82. The highest BCUT2D eigenvalue weighted by molar-refractivity contribution is 8.13. The average Bonchev–Trinajstić information content (AvgIpc) is 2.73. The Morgan fingerprint density at radius 3 is 2.89 bits per heavy atom. The average molecular weight is 282 g/mol. The van der Waals surface area contributed by atoms with E-state index in [1.54, 1.807) is 13.0 Å². The van der Waals surface area contributed by atoms with Crippen LogP contribution in [0.5, 0.6) is 0 Å². The maximum Gasteiger partial charge on any atom is 0.328 e. The SMILES string of the molecule is CC(=O)SCCC=Cc1csc(/C=C/C(=O)O)c1. The quantitative estimate of drug-likeness (QED) is 0.640. The number of rotatable bonds is 6. The minimum absolute atomic E-state index is 0.139. The molecule has 0 aromatic carbocycles. The van der Waals surface area contributed by atoms with Gasteiger partial charge in [-0.25, -0.2) is 4.79 Å². The van der Waals surface area contributed by atoms with Crippen molar-refractivity contribution < 1.29 is 14.7 Å². The van der Waals surface area contributed by atoms with Gasteiger partial charge in [0.1, 0.15) is 0 Å². The molecule has 0 bridgehead atoms. The van der Waals surface area contributed by atoms with Crippen LogP contribution in [-0.4, -0.2) is 21.9 Å². The van der Waals surface area contributed by atoms with E-state index in [-0.39, 0.29) is 5.12 Å². The topological polar surface area (TPSA) is 54.4 Å². The summed E-state index contributed by atoms with van der Waals surface area (Å²) in [7, 11) is 0. The van der Waals surface area contributed by atoms with Crippen molar-refractivity contribution in [3.05, 3.63) is 34.0 Å². The molecule has 0 atom stereocenters. The summed E-state index contributed by atoms with van der Waals surface area (Å²) in [6.45, 7) is 1.56. The van der Waals surface area contributed by atoms with Gasteiger partial charge in [0.05, 0.1) is 0 Å². The molecule has 1 rings (SSSR count). The summed E-state index contributed by atoms with van der Waals surface area (Å²) in [4.78, 5) is 22.0. The molecular weight excluding hydrogens is 268 g/mol. The fraction of sp³-hybridized carbons (Fsp3) is 0.231. The third-order valence-corrected chi connectivity index (χ3v) is 3.69. The number of thioether (sulfide) groups is 1. The van der Waals surface area contributed by atoms with Gasteiger partial charge in [0.2, 0.25) is 0 Å². The fourth-order valence-electron chi connectivity index (χ4n) is 1.19. The molecule has 5 heteroatoms. The predicted molar refractivity (Wildman–Crippen MR) is 77.8 cm³/mol. The highest BCUT2D eigenvalue weighted by Crippen LogP contribution is 2.18. The first-order valence-electron chi connectivity index (χ1n) is 5.37. The van der Waals surface area contributed by atoms with Crippen molar-refractivity contribution >= 4 is 46.3 Å². The van der Waals surface area contributed by atoms with Gasteiger partial charge >= 0.3 is 5.97 Å². The molecule has 0 fully saturated rings. The van der Waals surface area contributed by atoms with Crippen molar-refractivity contribution in [2.24, 2.45) is 0 Å². The number of hydrogen-bond acceptors (Lipinski definition) is 4. The van der Waals surface area contributed by atoms with Gasteiger partial charge in [-0.15, -0.1) is 11.3 Å². The molecule has 0 aliphatic carbocycles. The van der Waals surface area contributed by atoms with Gasteiger partial charge in [0, 0.05) is 23.6 Å². The Balaban J connectivity index is 2.41. The summed E-state index contributed by atoms with van der Waals surface area (Å²) in [5.41, 5.74) is 1.05. The number of carboxylic acids is 1. The summed E-state index contributed by atoms with van der Waals surface area (Å²) in [5.74, 6) is -0.149. The van der Waals surface area contributed by atoms with E-state index in [2.05, 4.69) is 0 Å². The van der Waals surface area contributed by atoms with Gasteiger partial charge in [-0.05, 0) is 29.5 Å². The van der Waals surface area contributed by atoms with Crippen LogP contribution in [-0.2, 0) is 9.59 Å². The van der Waals surface area contributed by atoms with E-state index in [0.29, 0.717) is 0 Å². The number of thiophene rings is 1. The number of allylic oxidation sites excluding steroid dienone is 1. The van der Waals surface area contributed by atoms with Gasteiger partial charge in [-0.3, -0.25) is 4.79 Å². The zero-order valence-corrected chi connectivity index (χ0v) is 11.6. The van der Waals surface area contributed by atoms with Crippen molar-refractivity contribution in [2.45, 2.75) is 13.3 Å². The lowest BCUT2D eigenvalue weighted by atomic mass is 10.2. The number of carbonyl (C=O) groups excluding carboxylic acids is 1. The first-order chi connectivity index (χ1) is 8.58. The van der Waals surface area contributed by atoms with E-state index in [0.717, 1.165) is 28.7 Å². The second-order valence-corrected chi connectivity index (χ2v) is 5.70. The maximum absolute atomic E-state index is 10.7. The molecule has 0 spiro atoms. The van der Waals surface area contributed by atoms with E-state index in [4.69, 9.17) is 5.11 Å². The normalized spacial score (nSPS) is 11.4. The molecule has 3 nitrogen and oxygen atoms in total. The molecule has 0 saturated heterocycles. The van der Waals surface area contributed by atoms with Crippen LogP contribution in [0.4, 0.5) is 0 Å². The van der Waals surface area contributed by atoms with E-state index in [1.165, 1.54) is 23.1 Å². The third-order valence-electron chi connectivity index (χ3n) is 1.93. The predicted octanol–water partition coefficient (Wildman–Crippen LogP) is 3.53. The Hall–Kier alpha value is -1.33. The summed E-state index contributed by atoms with van der Waals surface area (Å²) in [6.07, 6.45) is 7.55. The number of carboxylic acid groups (broad SMARTS) is 1. The standard InChI is InChI=1S/C13H14O3S2/c1-10(14)17-7-3-2-4-11-8-12(18-9-11)5-6-13(15)16/h2,4-6,8-9H,3,7H2,1H3,(H,15,16)/b4-2?,6-5+. The lowest BCUT2D eigenvalue weighted by Crippen LogP contribution is -1.84. The maximum atomic E-state index is 10.7. The molecule has 0 aliphatic rings. The molecule has 0 amide bonds. The molecule has 0 saturated carbocycles. The zero-order chi connectivity index (χ0) is 13.4. The number of hydrogen-bond donors (Lipinski definition) is 1. The fourth-order valence-corrected chi connectivity index (χ4v) is 2.50. The Kier molecular flexibility index (Phi) is 6.46. The Bertz CT molecular complexity index is 472. The van der Waals surface area contributed by atoms with Crippen LogP contribution in [0.3, 0.4) is 0 Å². The molecule has 18 heavy (non-hydrogen) atoms. The van der Waals surface area contributed by atoms with Crippen molar-refractivity contribution in [1.29, 1.82) is 0 Å². The third kappa shape index (κ3) is 6.42. The molecule has 96 valence electrons. The van der Waals surface area contributed by atoms with Crippen molar-refractivity contribution in [1.82, 2.24) is 0 Å². The first-order valence-corrected chi connectivity index (χ1v) is 7.24. The van der Waals surface area contributed by atoms with Crippen LogP contribution in [0.15, 0.2) is 23.6 Å². The highest BCUT2D eigenvalue weighted by Gasteiger charge is 1.95. The molecule has 1 aromatic rings. The van der Waals surface area contributed by atoms with Gasteiger partial charge in [-0.2, -0.15) is 0 Å². The van der Waals surface area contributed by atoms with E-state index >= 15 is 0 Å². The van der Waals surface area contributed by atoms with Crippen LogP contribution in [0, 0.1) is 0 Å². The van der Waals surface area contributed by atoms with Crippen LogP contribution in [0.2, 0.25) is 0 Å². The van der Waals surface area contributed by atoms with Crippen LogP contribution < -0.4 is 0 Å².